The van der Waals surface area contributed by atoms with Gasteiger partial charge in [0.05, 0.1) is 6.54 Å². The molecule has 1 aromatic carbocycles. The molecule has 3 nitrogen and oxygen atoms in total. The summed E-state index contributed by atoms with van der Waals surface area (Å²) in [6.45, 7) is 2.01. The molecule has 0 radical (unpaired) electrons. The van der Waals surface area contributed by atoms with Gasteiger partial charge >= 0.3 is 0 Å². The van der Waals surface area contributed by atoms with Crippen LogP contribution in [0.5, 0.6) is 0 Å². The highest BCUT2D eigenvalue weighted by Gasteiger charge is 2.46. The second-order valence-electron chi connectivity index (χ2n) is 3.83. The van der Waals surface area contributed by atoms with Crippen LogP contribution in [0.25, 0.3) is 0 Å². The lowest BCUT2D eigenvalue weighted by atomic mass is 10.2. The Bertz CT molecular complexity index is 396. The van der Waals surface area contributed by atoms with Gasteiger partial charge in [0.1, 0.15) is 0 Å². The van der Waals surface area contributed by atoms with Crippen LogP contribution in [-0.4, -0.2) is 18.8 Å². The molecule has 4 heteroatoms. The molecule has 0 aliphatic carbocycles. The molecule has 0 saturated carbocycles. The molecule has 0 aromatic heterocycles. The van der Waals surface area contributed by atoms with E-state index in [1.54, 1.807) is 0 Å². The second-order valence-corrected chi connectivity index (χ2v) is 4.75. The monoisotopic (exact) mass is 251 g/mol. The lowest BCUT2D eigenvalue weighted by Crippen LogP contribution is -2.22. The fourth-order valence-electron chi connectivity index (χ4n) is 1.90. The van der Waals surface area contributed by atoms with Crippen LogP contribution < -0.4 is 4.90 Å². The zero-order valence-corrected chi connectivity index (χ0v) is 9.24. The van der Waals surface area contributed by atoms with Gasteiger partial charge in [-0.15, -0.1) is 0 Å². The van der Waals surface area contributed by atoms with Crippen molar-refractivity contribution in [2.75, 3.05) is 18.0 Å². The van der Waals surface area contributed by atoms with E-state index in [1.807, 2.05) is 6.07 Å². The summed E-state index contributed by atoms with van der Waals surface area (Å²) in [5.41, 5.74) is 1.23. The topological polar surface area (TPSA) is 28.0 Å². The van der Waals surface area contributed by atoms with Gasteiger partial charge in [0.15, 0.2) is 0 Å². The zero-order chi connectivity index (χ0) is 9.60. The van der Waals surface area contributed by atoms with Crippen LogP contribution in [-0.2, 0) is 0 Å². The zero-order valence-electron chi connectivity index (χ0n) is 7.65. The Morgan fingerprint density at radius 3 is 2.86 bits per heavy atom. The van der Waals surface area contributed by atoms with Crippen LogP contribution in [0.2, 0.25) is 0 Å². The normalized spacial score (nSPS) is 21.9. The quantitative estimate of drug-likeness (QED) is 0.755. The lowest BCUT2D eigenvalue weighted by molar-refractivity contribution is 0.674. The molecule has 2 aliphatic rings. The summed E-state index contributed by atoms with van der Waals surface area (Å²) in [5, 5.41) is 8.21. The van der Waals surface area contributed by atoms with Gasteiger partial charge in [-0.3, -0.25) is 0 Å². The van der Waals surface area contributed by atoms with E-state index in [-0.39, 0.29) is 5.66 Å². The molecule has 14 heavy (non-hydrogen) atoms. The van der Waals surface area contributed by atoms with Gasteiger partial charge in [0.25, 0.3) is 0 Å². The SMILES string of the molecule is Brc1cccc(N2CCC3(C2)N=N3)c1. The number of hydrogen-bond acceptors (Lipinski definition) is 3. The number of benzene rings is 1. The van der Waals surface area contributed by atoms with Gasteiger partial charge in [0.2, 0.25) is 5.66 Å². The molecule has 1 aromatic rings. The highest BCUT2D eigenvalue weighted by atomic mass is 79.9. The van der Waals surface area contributed by atoms with Crippen molar-refractivity contribution in [3.8, 4) is 0 Å². The van der Waals surface area contributed by atoms with Crippen molar-refractivity contribution in [3.05, 3.63) is 28.7 Å². The van der Waals surface area contributed by atoms with Crippen LogP contribution >= 0.6 is 15.9 Å². The predicted octanol–water partition coefficient (Wildman–Crippen LogP) is 2.82. The molecule has 1 saturated heterocycles. The third kappa shape index (κ3) is 1.34. The van der Waals surface area contributed by atoms with Crippen LogP contribution in [0.15, 0.2) is 39.0 Å². The van der Waals surface area contributed by atoms with Crippen LogP contribution in [0, 0.1) is 0 Å². The molecular weight excluding hydrogens is 242 g/mol. The molecule has 2 heterocycles. The summed E-state index contributed by atoms with van der Waals surface area (Å²) in [5.74, 6) is 0. The number of hydrogen-bond donors (Lipinski definition) is 0. The van der Waals surface area contributed by atoms with Gasteiger partial charge in [-0.2, -0.15) is 10.2 Å². The van der Waals surface area contributed by atoms with Crippen LogP contribution in [0.3, 0.4) is 0 Å². The molecule has 0 N–H and O–H groups in total. The largest absolute Gasteiger partial charge is 0.367 e. The molecule has 0 bridgehead atoms. The molecule has 2 aliphatic heterocycles. The number of halogens is 1. The van der Waals surface area contributed by atoms with Gasteiger partial charge < -0.3 is 4.90 Å². The minimum atomic E-state index is -0.0255. The minimum absolute atomic E-state index is 0.0255. The Morgan fingerprint density at radius 1 is 1.36 bits per heavy atom. The molecular formula is C10H10BrN3. The van der Waals surface area contributed by atoms with Gasteiger partial charge in [-0.05, 0) is 18.2 Å². The van der Waals surface area contributed by atoms with Crippen LogP contribution in [0.1, 0.15) is 6.42 Å². The van der Waals surface area contributed by atoms with E-state index in [2.05, 4.69) is 49.3 Å². The number of rotatable bonds is 1. The summed E-state index contributed by atoms with van der Waals surface area (Å²) < 4.78 is 1.13. The van der Waals surface area contributed by atoms with E-state index in [0.29, 0.717) is 0 Å². The first-order valence-corrected chi connectivity index (χ1v) is 5.51. The molecule has 1 spiro atoms. The van der Waals surface area contributed by atoms with Crippen molar-refractivity contribution in [3.63, 3.8) is 0 Å². The van der Waals surface area contributed by atoms with Gasteiger partial charge in [-0.1, -0.05) is 22.0 Å². The van der Waals surface area contributed by atoms with Crippen molar-refractivity contribution in [1.29, 1.82) is 0 Å². The molecule has 0 unspecified atom stereocenters. The van der Waals surface area contributed by atoms with E-state index >= 15 is 0 Å². The van der Waals surface area contributed by atoms with E-state index in [1.165, 1.54) is 5.69 Å². The van der Waals surface area contributed by atoms with Crippen LogP contribution in [0.4, 0.5) is 5.69 Å². The summed E-state index contributed by atoms with van der Waals surface area (Å²) >= 11 is 3.48. The first-order valence-electron chi connectivity index (χ1n) is 4.72. The maximum absolute atomic E-state index is 4.10. The Morgan fingerprint density at radius 2 is 2.21 bits per heavy atom. The summed E-state index contributed by atoms with van der Waals surface area (Å²) in [6.07, 6.45) is 1.07. The van der Waals surface area contributed by atoms with Crippen molar-refractivity contribution < 1.29 is 0 Å². The number of nitrogens with zero attached hydrogens (tertiary/aromatic N) is 3. The van der Waals surface area contributed by atoms with Crippen molar-refractivity contribution >= 4 is 21.6 Å². The second kappa shape index (κ2) is 2.79. The molecule has 72 valence electrons. The van der Waals surface area contributed by atoms with E-state index in [0.717, 1.165) is 24.0 Å². The van der Waals surface area contributed by atoms with E-state index < -0.39 is 0 Å². The first-order chi connectivity index (χ1) is 6.77. The van der Waals surface area contributed by atoms with Gasteiger partial charge in [0, 0.05) is 23.1 Å². The summed E-state index contributed by atoms with van der Waals surface area (Å²) in [7, 11) is 0. The molecule has 3 rings (SSSR count). The van der Waals surface area contributed by atoms with Crippen molar-refractivity contribution in [2.45, 2.75) is 12.1 Å². The van der Waals surface area contributed by atoms with Crippen molar-refractivity contribution in [2.24, 2.45) is 10.2 Å². The average molecular weight is 252 g/mol. The molecule has 1 fully saturated rings. The standard InChI is InChI=1S/C10H10BrN3/c11-8-2-1-3-9(6-8)14-5-4-10(7-14)12-13-10/h1-3,6H,4-5,7H2. The molecule has 0 amide bonds. The van der Waals surface area contributed by atoms with Gasteiger partial charge in [-0.25, -0.2) is 0 Å². The summed E-state index contributed by atoms with van der Waals surface area (Å²) in [4.78, 5) is 2.34. The van der Waals surface area contributed by atoms with Crippen molar-refractivity contribution in [1.82, 2.24) is 0 Å². The first kappa shape index (κ1) is 8.41. The van der Waals surface area contributed by atoms with E-state index in [9.17, 15) is 0 Å². The predicted molar refractivity (Wildman–Crippen MR) is 58.6 cm³/mol. The van der Waals surface area contributed by atoms with E-state index in [4.69, 9.17) is 0 Å². The minimum Gasteiger partial charge on any atom is -0.367 e. The Kier molecular flexibility index (Phi) is 1.68. The summed E-state index contributed by atoms with van der Waals surface area (Å²) in [6, 6.07) is 8.38. The smallest absolute Gasteiger partial charge is 0.209 e. The highest BCUT2D eigenvalue weighted by Crippen LogP contribution is 2.39. The number of anilines is 1. The highest BCUT2D eigenvalue weighted by molar-refractivity contribution is 9.10. The fraction of sp³-hybridized carbons (Fsp3) is 0.400. The Labute approximate surface area is 91.0 Å². The third-order valence-corrected chi connectivity index (χ3v) is 3.28. The lowest BCUT2D eigenvalue weighted by Gasteiger charge is -2.17. The Hall–Kier alpha value is -0.900. The Balaban J connectivity index is 1.83. The third-order valence-electron chi connectivity index (χ3n) is 2.78. The maximum atomic E-state index is 4.10. The average Bonchev–Trinajstić information content (AvgIpc) is 2.76. The maximum Gasteiger partial charge on any atom is 0.209 e. The molecule has 0 atom stereocenters. The fourth-order valence-corrected chi connectivity index (χ4v) is 2.29.